The first kappa shape index (κ1) is 14.6. The summed E-state index contributed by atoms with van der Waals surface area (Å²) < 4.78 is 5.99. The van der Waals surface area contributed by atoms with Gasteiger partial charge in [-0.1, -0.05) is 41.4 Å². The van der Waals surface area contributed by atoms with Crippen LogP contribution >= 0.6 is 23.2 Å². The minimum absolute atomic E-state index is 0.321. The molecule has 0 aliphatic carbocycles. The largest absolute Gasteiger partial charge is 0.459 e. The van der Waals surface area contributed by atoms with Crippen molar-refractivity contribution in [1.82, 2.24) is 5.06 Å². The summed E-state index contributed by atoms with van der Waals surface area (Å²) in [6.45, 7) is 0.321. The lowest BCUT2D eigenvalue weighted by Crippen LogP contribution is -2.27. The molecule has 2 aromatic carbocycles. The lowest BCUT2D eigenvalue weighted by atomic mass is 9.89. The highest BCUT2D eigenvalue weighted by Gasteiger charge is 2.27. The monoisotopic (exact) mass is 345 g/mol. The Morgan fingerprint density at radius 3 is 2.57 bits per heavy atom. The van der Waals surface area contributed by atoms with Crippen LogP contribution in [0.4, 0.5) is 0 Å². The van der Waals surface area contributed by atoms with Crippen molar-refractivity contribution < 1.29 is 9.94 Å². The number of rotatable bonds is 1. The molecule has 2 aromatic rings. The van der Waals surface area contributed by atoms with Crippen molar-refractivity contribution in [3.63, 3.8) is 0 Å². The van der Waals surface area contributed by atoms with E-state index in [4.69, 9.17) is 27.9 Å². The fourth-order valence-corrected chi connectivity index (χ4v) is 3.51. The molecular weight excluding hydrogens is 333 g/mol. The van der Waals surface area contributed by atoms with Gasteiger partial charge in [-0.2, -0.15) is 0 Å². The molecule has 116 valence electrons. The van der Waals surface area contributed by atoms with Crippen molar-refractivity contribution in [2.75, 3.05) is 6.54 Å². The number of nitrogens with zero attached hydrogens (tertiary/aromatic N) is 1. The molecule has 4 rings (SSSR count). The SMILES string of the molecule is ON1C=C(c2cc(Cl)cc(Cl)c2)C2=C(C1)Oc1ccccc1C2. The average Bonchev–Trinajstić information content (AvgIpc) is 2.51. The van der Waals surface area contributed by atoms with Gasteiger partial charge >= 0.3 is 0 Å². The van der Waals surface area contributed by atoms with E-state index in [9.17, 15) is 5.21 Å². The van der Waals surface area contributed by atoms with Gasteiger partial charge < -0.3 is 4.74 Å². The zero-order valence-corrected chi connectivity index (χ0v) is 13.6. The van der Waals surface area contributed by atoms with Crippen molar-refractivity contribution >= 4 is 28.8 Å². The lowest BCUT2D eigenvalue weighted by Gasteiger charge is -2.31. The van der Waals surface area contributed by atoms with Gasteiger partial charge in [0.05, 0.1) is 0 Å². The Balaban J connectivity index is 1.82. The lowest BCUT2D eigenvalue weighted by molar-refractivity contribution is -0.0395. The van der Waals surface area contributed by atoms with Gasteiger partial charge in [-0.15, -0.1) is 0 Å². The van der Waals surface area contributed by atoms with E-state index in [0.29, 0.717) is 16.6 Å². The Kier molecular flexibility index (Phi) is 3.57. The fraction of sp³-hybridized carbons (Fsp3) is 0.111. The van der Waals surface area contributed by atoms with E-state index in [-0.39, 0.29) is 0 Å². The van der Waals surface area contributed by atoms with E-state index in [1.54, 1.807) is 12.3 Å². The van der Waals surface area contributed by atoms with Gasteiger partial charge in [0.25, 0.3) is 0 Å². The topological polar surface area (TPSA) is 32.7 Å². The minimum Gasteiger partial charge on any atom is -0.459 e. The van der Waals surface area contributed by atoms with Crippen LogP contribution in [0.5, 0.6) is 5.75 Å². The van der Waals surface area contributed by atoms with E-state index in [1.807, 2.05) is 36.4 Å². The summed E-state index contributed by atoms with van der Waals surface area (Å²) >= 11 is 12.3. The summed E-state index contributed by atoms with van der Waals surface area (Å²) in [6, 6.07) is 13.3. The maximum absolute atomic E-state index is 10.0. The molecule has 1 N–H and O–H groups in total. The van der Waals surface area contributed by atoms with Crippen molar-refractivity contribution in [3.8, 4) is 5.75 Å². The number of fused-ring (bicyclic) bond motifs is 1. The number of hydroxylamine groups is 2. The molecule has 2 aliphatic rings. The molecule has 2 aliphatic heterocycles. The third kappa shape index (κ3) is 2.72. The summed E-state index contributed by atoms with van der Waals surface area (Å²) in [5, 5.41) is 12.3. The molecule has 0 bridgehead atoms. The zero-order chi connectivity index (χ0) is 16.0. The molecule has 0 atom stereocenters. The normalized spacial score (nSPS) is 16.5. The quantitative estimate of drug-likeness (QED) is 0.795. The average molecular weight is 346 g/mol. The number of halogens is 2. The van der Waals surface area contributed by atoms with E-state index in [1.165, 1.54) is 0 Å². The van der Waals surface area contributed by atoms with Crippen LogP contribution < -0.4 is 4.74 Å². The molecule has 0 amide bonds. The summed E-state index contributed by atoms with van der Waals surface area (Å²) in [5.74, 6) is 1.59. The predicted octanol–water partition coefficient (Wildman–Crippen LogP) is 4.93. The van der Waals surface area contributed by atoms with E-state index in [0.717, 1.165) is 45.3 Å². The van der Waals surface area contributed by atoms with Crippen LogP contribution in [0, 0.1) is 0 Å². The number of hydrogen-bond acceptors (Lipinski definition) is 3. The minimum atomic E-state index is 0.321. The van der Waals surface area contributed by atoms with E-state index < -0.39 is 0 Å². The summed E-state index contributed by atoms with van der Waals surface area (Å²) in [4.78, 5) is 0. The Morgan fingerprint density at radius 2 is 1.78 bits per heavy atom. The maximum atomic E-state index is 10.0. The van der Waals surface area contributed by atoms with Crippen LogP contribution in [0.15, 0.2) is 60.0 Å². The number of para-hydroxylation sites is 1. The van der Waals surface area contributed by atoms with Gasteiger partial charge in [0.15, 0.2) is 0 Å². The fourth-order valence-electron chi connectivity index (χ4n) is 2.98. The van der Waals surface area contributed by atoms with Crippen LogP contribution in [0.25, 0.3) is 5.57 Å². The third-order valence-electron chi connectivity index (χ3n) is 3.99. The zero-order valence-electron chi connectivity index (χ0n) is 12.1. The van der Waals surface area contributed by atoms with Crippen molar-refractivity contribution in [2.24, 2.45) is 0 Å². The summed E-state index contributed by atoms with van der Waals surface area (Å²) in [7, 11) is 0. The number of allylic oxidation sites excluding steroid dienone is 2. The van der Waals surface area contributed by atoms with Gasteiger partial charge in [0, 0.05) is 33.8 Å². The van der Waals surface area contributed by atoms with Gasteiger partial charge in [-0.25, -0.2) is 0 Å². The molecule has 0 radical (unpaired) electrons. The Bertz CT molecular complexity index is 838. The highest BCUT2D eigenvalue weighted by atomic mass is 35.5. The van der Waals surface area contributed by atoms with E-state index in [2.05, 4.69) is 0 Å². The number of ether oxygens (including phenoxy) is 1. The second-order valence-electron chi connectivity index (χ2n) is 5.59. The predicted molar refractivity (Wildman–Crippen MR) is 90.7 cm³/mol. The molecule has 0 unspecified atom stereocenters. The van der Waals surface area contributed by atoms with Crippen molar-refractivity contribution in [3.05, 3.63) is 81.2 Å². The molecule has 3 nitrogen and oxygen atoms in total. The number of benzene rings is 2. The standard InChI is InChI=1S/C18H13Cl2NO2/c19-13-5-12(6-14(20)8-13)16-9-21(22)10-18-15(16)7-11-3-1-2-4-17(11)23-18/h1-6,8-9,22H,7,10H2. The van der Waals surface area contributed by atoms with Crippen LogP contribution in [0.1, 0.15) is 11.1 Å². The summed E-state index contributed by atoms with van der Waals surface area (Å²) in [6.07, 6.45) is 2.44. The molecule has 23 heavy (non-hydrogen) atoms. The van der Waals surface area contributed by atoms with Gasteiger partial charge in [-0.3, -0.25) is 10.3 Å². The van der Waals surface area contributed by atoms with Crippen molar-refractivity contribution in [1.29, 1.82) is 0 Å². The van der Waals surface area contributed by atoms with Gasteiger partial charge in [0.1, 0.15) is 18.1 Å². The molecule has 0 fully saturated rings. The highest BCUT2D eigenvalue weighted by Crippen LogP contribution is 2.40. The Labute approximate surface area is 144 Å². The van der Waals surface area contributed by atoms with Crippen molar-refractivity contribution in [2.45, 2.75) is 6.42 Å². The highest BCUT2D eigenvalue weighted by molar-refractivity contribution is 6.34. The third-order valence-corrected chi connectivity index (χ3v) is 4.43. The molecular formula is C18H13Cl2NO2. The Morgan fingerprint density at radius 1 is 1.04 bits per heavy atom. The first-order valence-corrected chi connectivity index (χ1v) is 7.98. The first-order valence-electron chi connectivity index (χ1n) is 7.22. The molecule has 2 heterocycles. The second-order valence-corrected chi connectivity index (χ2v) is 6.46. The van der Waals surface area contributed by atoms with E-state index >= 15 is 0 Å². The smallest absolute Gasteiger partial charge is 0.130 e. The van der Waals surface area contributed by atoms with Crippen LogP contribution in [0.3, 0.4) is 0 Å². The second kappa shape index (κ2) is 5.60. The summed E-state index contributed by atoms with van der Waals surface area (Å²) in [5.41, 5.74) is 3.90. The first-order chi connectivity index (χ1) is 11.1. The van der Waals surface area contributed by atoms with Gasteiger partial charge in [0.2, 0.25) is 0 Å². The van der Waals surface area contributed by atoms with Crippen LogP contribution in [-0.4, -0.2) is 16.8 Å². The van der Waals surface area contributed by atoms with Crippen LogP contribution in [0.2, 0.25) is 10.0 Å². The molecule has 5 heteroatoms. The molecule has 0 saturated heterocycles. The Hall–Kier alpha value is -1.94. The molecule has 0 aromatic heterocycles. The molecule has 0 saturated carbocycles. The number of hydrogen-bond donors (Lipinski definition) is 1. The van der Waals surface area contributed by atoms with Crippen LogP contribution in [-0.2, 0) is 6.42 Å². The van der Waals surface area contributed by atoms with Gasteiger partial charge in [-0.05, 0) is 35.4 Å². The maximum Gasteiger partial charge on any atom is 0.130 e. The molecule has 0 spiro atoms.